The molecule has 2 unspecified atom stereocenters. The highest BCUT2D eigenvalue weighted by atomic mass is 32.2. The number of carbonyl (C=O) groups is 1. The van der Waals surface area contributed by atoms with Gasteiger partial charge in [0.15, 0.2) is 0 Å². The summed E-state index contributed by atoms with van der Waals surface area (Å²) in [6.07, 6.45) is 1.79. The second-order valence-electron chi connectivity index (χ2n) is 4.35. The van der Waals surface area contributed by atoms with Crippen LogP contribution in [-0.4, -0.2) is 50.8 Å². The lowest BCUT2D eigenvalue weighted by Crippen LogP contribution is -2.41. The number of benzene rings is 1. The van der Waals surface area contributed by atoms with E-state index in [2.05, 4.69) is 9.46 Å². The van der Waals surface area contributed by atoms with Gasteiger partial charge < -0.3 is 9.84 Å². The van der Waals surface area contributed by atoms with Crippen molar-refractivity contribution in [3.63, 3.8) is 0 Å². The van der Waals surface area contributed by atoms with Crippen LogP contribution in [0.2, 0.25) is 0 Å². The minimum absolute atomic E-state index is 0.0237. The summed E-state index contributed by atoms with van der Waals surface area (Å²) in [6, 6.07) is 5.34. The fourth-order valence-corrected chi connectivity index (χ4v) is 3.99. The second-order valence-corrected chi connectivity index (χ2v) is 7.11. The molecule has 2 N–H and O–H groups in total. The van der Waals surface area contributed by atoms with E-state index >= 15 is 0 Å². The molecule has 0 bridgehead atoms. The van der Waals surface area contributed by atoms with Crippen LogP contribution in [0.4, 0.5) is 0 Å². The lowest BCUT2D eigenvalue weighted by Gasteiger charge is -2.21. The SMILES string of the molecule is COC(=O)c1ccccc1S(=O)(=O)NC(C)C(CO)SC. The smallest absolute Gasteiger partial charge is 0.339 e. The van der Waals surface area contributed by atoms with Gasteiger partial charge in [-0.15, -0.1) is 0 Å². The van der Waals surface area contributed by atoms with E-state index in [-0.39, 0.29) is 22.3 Å². The summed E-state index contributed by atoms with van der Waals surface area (Å²) in [5.41, 5.74) is -0.0237. The van der Waals surface area contributed by atoms with Crippen molar-refractivity contribution in [3.05, 3.63) is 29.8 Å². The number of sulfonamides is 1. The first-order chi connectivity index (χ1) is 9.87. The number of aliphatic hydroxyl groups is 1. The summed E-state index contributed by atoms with van der Waals surface area (Å²) in [4.78, 5) is 11.5. The van der Waals surface area contributed by atoms with Gasteiger partial charge in [0.1, 0.15) is 0 Å². The molecule has 1 aromatic rings. The van der Waals surface area contributed by atoms with Crippen LogP contribution in [0, 0.1) is 0 Å². The van der Waals surface area contributed by atoms with E-state index in [1.165, 1.54) is 37.1 Å². The molecule has 0 aliphatic heterocycles. The maximum atomic E-state index is 12.4. The Bertz CT molecular complexity index is 584. The zero-order valence-electron chi connectivity index (χ0n) is 12.1. The summed E-state index contributed by atoms with van der Waals surface area (Å²) < 4.78 is 31.9. The number of hydrogen-bond donors (Lipinski definition) is 2. The summed E-state index contributed by atoms with van der Waals surface area (Å²) in [6.45, 7) is 1.51. The van der Waals surface area contributed by atoms with Gasteiger partial charge in [0.25, 0.3) is 0 Å². The van der Waals surface area contributed by atoms with Crippen LogP contribution in [0.25, 0.3) is 0 Å². The van der Waals surface area contributed by atoms with E-state index in [0.29, 0.717) is 0 Å². The van der Waals surface area contributed by atoms with Crippen LogP contribution in [-0.2, 0) is 14.8 Å². The lowest BCUT2D eigenvalue weighted by molar-refractivity contribution is 0.0596. The molecule has 0 saturated carbocycles. The molecule has 0 fully saturated rings. The van der Waals surface area contributed by atoms with Crippen molar-refractivity contribution in [3.8, 4) is 0 Å². The summed E-state index contributed by atoms with van der Waals surface area (Å²) in [5.74, 6) is -0.716. The van der Waals surface area contributed by atoms with Crippen molar-refractivity contribution in [2.75, 3.05) is 20.0 Å². The molecule has 0 amide bonds. The van der Waals surface area contributed by atoms with Crippen LogP contribution in [0.1, 0.15) is 17.3 Å². The third-order valence-corrected chi connectivity index (χ3v) is 5.74. The first-order valence-corrected chi connectivity index (χ1v) is 8.97. The molecule has 1 aromatic carbocycles. The van der Waals surface area contributed by atoms with Crippen molar-refractivity contribution in [1.29, 1.82) is 0 Å². The Labute approximate surface area is 128 Å². The highest BCUT2D eigenvalue weighted by Crippen LogP contribution is 2.18. The quantitative estimate of drug-likeness (QED) is 0.719. The average molecular weight is 333 g/mol. The highest BCUT2D eigenvalue weighted by Gasteiger charge is 2.26. The minimum Gasteiger partial charge on any atom is -0.465 e. The van der Waals surface area contributed by atoms with Gasteiger partial charge in [-0.25, -0.2) is 17.9 Å². The maximum Gasteiger partial charge on any atom is 0.339 e. The fraction of sp³-hybridized carbons (Fsp3) is 0.462. The highest BCUT2D eigenvalue weighted by molar-refractivity contribution is 7.99. The van der Waals surface area contributed by atoms with E-state index in [9.17, 15) is 18.3 Å². The van der Waals surface area contributed by atoms with E-state index in [4.69, 9.17) is 0 Å². The third-order valence-electron chi connectivity index (χ3n) is 2.96. The summed E-state index contributed by atoms with van der Waals surface area (Å²) >= 11 is 1.36. The molecule has 0 aliphatic carbocycles. The molecule has 2 atom stereocenters. The van der Waals surface area contributed by atoms with Gasteiger partial charge in [0, 0.05) is 11.3 Å². The van der Waals surface area contributed by atoms with Crippen molar-refractivity contribution in [1.82, 2.24) is 4.72 Å². The van der Waals surface area contributed by atoms with Crippen LogP contribution in [0.15, 0.2) is 29.2 Å². The molecule has 0 heterocycles. The van der Waals surface area contributed by atoms with Gasteiger partial charge in [-0.3, -0.25) is 0 Å². The van der Waals surface area contributed by atoms with Gasteiger partial charge in [0.05, 0.1) is 24.2 Å². The predicted octanol–water partition coefficient (Wildman–Crippen LogP) is 0.864. The fourth-order valence-electron chi connectivity index (χ4n) is 1.80. The number of esters is 1. The van der Waals surface area contributed by atoms with Crippen molar-refractivity contribution < 1.29 is 23.1 Å². The topological polar surface area (TPSA) is 92.7 Å². The van der Waals surface area contributed by atoms with Gasteiger partial charge in [-0.1, -0.05) is 12.1 Å². The first kappa shape index (κ1) is 18.0. The molecule has 0 aliphatic rings. The number of carbonyl (C=O) groups excluding carboxylic acids is 1. The van der Waals surface area contributed by atoms with Gasteiger partial charge in [-0.05, 0) is 25.3 Å². The molecule has 8 heteroatoms. The molecule has 0 aromatic heterocycles. The molecule has 1 rings (SSSR count). The summed E-state index contributed by atoms with van der Waals surface area (Å²) in [5, 5.41) is 8.94. The van der Waals surface area contributed by atoms with E-state index in [1.807, 2.05) is 0 Å². The monoisotopic (exact) mass is 333 g/mol. The molecular formula is C13H19NO5S2. The second kappa shape index (κ2) is 7.79. The van der Waals surface area contributed by atoms with E-state index in [1.54, 1.807) is 19.2 Å². The normalized spacial score (nSPS) is 14.5. The number of rotatable bonds is 7. The Morgan fingerprint density at radius 1 is 1.43 bits per heavy atom. The Kier molecular flexibility index (Phi) is 6.66. The maximum absolute atomic E-state index is 12.4. The largest absolute Gasteiger partial charge is 0.465 e. The average Bonchev–Trinajstić information content (AvgIpc) is 2.47. The Morgan fingerprint density at radius 3 is 2.57 bits per heavy atom. The Morgan fingerprint density at radius 2 is 2.05 bits per heavy atom. The van der Waals surface area contributed by atoms with Crippen LogP contribution in [0.5, 0.6) is 0 Å². The number of methoxy groups -OCH3 is 1. The van der Waals surface area contributed by atoms with Gasteiger partial charge in [0.2, 0.25) is 10.0 Å². The van der Waals surface area contributed by atoms with E-state index in [0.717, 1.165) is 0 Å². The number of thioether (sulfide) groups is 1. The van der Waals surface area contributed by atoms with Gasteiger partial charge >= 0.3 is 5.97 Å². The molecule has 21 heavy (non-hydrogen) atoms. The van der Waals surface area contributed by atoms with E-state index < -0.39 is 22.0 Å². The minimum atomic E-state index is -3.89. The van der Waals surface area contributed by atoms with Crippen molar-refractivity contribution in [2.24, 2.45) is 0 Å². The molecule has 0 spiro atoms. The van der Waals surface area contributed by atoms with Crippen LogP contribution in [0.3, 0.4) is 0 Å². The van der Waals surface area contributed by atoms with Crippen molar-refractivity contribution >= 4 is 27.8 Å². The number of aliphatic hydroxyl groups excluding tert-OH is 1. The molecule has 0 radical (unpaired) electrons. The third kappa shape index (κ3) is 4.44. The number of nitrogens with one attached hydrogen (secondary N) is 1. The predicted molar refractivity (Wildman–Crippen MR) is 82.0 cm³/mol. The Balaban J connectivity index is 3.12. The lowest BCUT2D eigenvalue weighted by atomic mass is 10.2. The molecule has 0 saturated heterocycles. The zero-order valence-corrected chi connectivity index (χ0v) is 13.7. The molecular weight excluding hydrogens is 314 g/mol. The standard InChI is InChI=1S/C13H19NO5S2/c1-9(11(8-15)20-3)14-21(17,18)12-7-5-4-6-10(12)13(16)19-2/h4-7,9,11,14-15H,8H2,1-3H3. The summed E-state index contributed by atoms with van der Waals surface area (Å²) in [7, 11) is -2.69. The molecule has 118 valence electrons. The van der Waals surface area contributed by atoms with Crippen molar-refractivity contribution in [2.45, 2.75) is 23.1 Å². The first-order valence-electron chi connectivity index (χ1n) is 6.20. The Hall–Kier alpha value is -1.09. The van der Waals surface area contributed by atoms with Crippen LogP contribution < -0.4 is 4.72 Å². The number of ether oxygens (including phenoxy) is 1. The van der Waals surface area contributed by atoms with Crippen LogP contribution >= 0.6 is 11.8 Å². The number of hydrogen-bond acceptors (Lipinski definition) is 6. The zero-order chi connectivity index (χ0) is 16.0. The van der Waals surface area contributed by atoms with Gasteiger partial charge in [-0.2, -0.15) is 11.8 Å². The molecule has 6 nitrogen and oxygen atoms in total.